The topological polar surface area (TPSA) is 21.7 Å². The largest absolute Gasteiger partial charge is 0.429 e. The van der Waals surface area contributed by atoms with Crippen LogP contribution in [0.25, 0.3) is 0 Å². The van der Waals surface area contributed by atoms with Crippen molar-refractivity contribution in [3.8, 4) is 5.75 Å². The SMILES string of the molecule is C=S(Oc1c(C)cc(S)c2c1CN1CCc3cc(COC)ccc3C1C2)c1cc#ccc1. The molecule has 0 bridgehead atoms. The first-order valence-electron chi connectivity index (χ1n) is 10.8. The van der Waals surface area contributed by atoms with Gasteiger partial charge in [-0.05, 0) is 71.7 Å². The zero-order valence-electron chi connectivity index (χ0n) is 18.5. The molecular weight excluding hydrogens is 434 g/mol. The van der Waals surface area contributed by atoms with E-state index in [0.717, 1.165) is 47.0 Å². The zero-order chi connectivity index (χ0) is 22.2. The summed E-state index contributed by atoms with van der Waals surface area (Å²) >= 11 is 4.87. The normalized spacial score (nSPS) is 18.2. The molecule has 2 aliphatic heterocycles. The third-order valence-corrected chi connectivity index (χ3v) is 8.03. The van der Waals surface area contributed by atoms with Gasteiger partial charge < -0.3 is 8.92 Å². The van der Waals surface area contributed by atoms with Crippen LogP contribution in [0.1, 0.15) is 39.4 Å². The minimum Gasteiger partial charge on any atom is -0.429 e. The van der Waals surface area contributed by atoms with E-state index >= 15 is 0 Å². The first-order valence-corrected chi connectivity index (χ1v) is 12.6. The number of rotatable bonds is 5. The first kappa shape index (κ1) is 21.6. The standard InChI is InChI=1S/C27H27NO2S2/c1-18-13-26(31)23-15-25-22-10-9-19(17-29-2)14-20(22)11-12-28(25)16-24(23)27(18)30-32(3)21-7-5-4-6-8-21/h5,7-10,13-14,25,31H,3,11-12,15-17H2,1-2H3. The van der Waals surface area contributed by atoms with Gasteiger partial charge in [0, 0.05) is 58.4 Å². The number of aryl methyl sites for hydroxylation is 1. The van der Waals surface area contributed by atoms with Crippen LogP contribution in [0.3, 0.4) is 0 Å². The smallest absolute Gasteiger partial charge is 0.144 e. The highest BCUT2D eigenvalue weighted by atomic mass is 32.2. The molecule has 3 nitrogen and oxygen atoms in total. The van der Waals surface area contributed by atoms with Crippen molar-refractivity contribution in [1.29, 1.82) is 0 Å². The van der Waals surface area contributed by atoms with Gasteiger partial charge in [0.05, 0.1) is 6.61 Å². The molecule has 32 heavy (non-hydrogen) atoms. The van der Waals surface area contributed by atoms with Crippen molar-refractivity contribution in [2.24, 2.45) is 0 Å². The average Bonchev–Trinajstić information content (AvgIpc) is 2.81. The van der Waals surface area contributed by atoms with E-state index in [4.69, 9.17) is 21.5 Å². The Morgan fingerprint density at radius 3 is 2.88 bits per heavy atom. The van der Waals surface area contributed by atoms with Gasteiger partial charge in [-0.15, -0.1) is 12.6 Å². The fourth-order valence-electron chi connectivity index (χ4n) is 4.92. The van der Waals surface area contributed by atoms with E-state index in [1.807, 2.05) is 18.2 Å². The molecule has 0 saturated carbocycles. The number of benzene rings is 2. The van der Waals surface area contributed by atoms with Gasteiger partial charge in [-0.2, -0.15) is 0 Å². The van der Waals surface area contributed by atoms with Gasteiger partial charge in [0.2, 0.25) is 0 Å². The van der Waals surface area contributed by atoms with Crippen LogP contribution in [0.5, 0.6) is 5.75 Å². The first-order chi connectivity index (χ1) is 15.5. The second kappa shape index (κ2) is 8.96. The highest BCUT2D eigenvalue weighted by Gasteiger charge is 2.35. The van der Waals surface area contributed by atoms with Crippen molar-refractivity contribution in [1.82, 2.24) is 4.90 Å². The molecule has 2 atom stereocenters. The number of hydrogen-bond acceptors (Lipinski definition) is 4. The molecule has 5 rings (SSSR count). The van der Waals surface area contributed by atoms with Gasteiger partial charge in [-0.1, -0.05) is 30.3 Å². The Bertz CT molecular complexity index is 1180. The number of fused-ring (bicyclic) bond motifs is 4. The maximum atomic E-state index is 6.48. The van der Waals surface area contributed by atoms with E-state index in [1.54, 1.807) is 7.11 Å². The zero-order valence-corrected chi connectivity index (χ0v) is 20.2. The summed E-state index contributed by atoms with van der Waals surface area (Å²) in [7, 11) is 1.14. The van der Waals surface area contributed by atoms with Crippen molar-refractivity contribution in [3.63, 3.8) is 0 Å². The molecule has 2 unspecified atom stereocenters. The average molecular weight is 462 g/mol. The minimum absolute atomic E-state index is 0.376. The third kappa shape index (κ3) is 3.97. The molecule has 5 heteroatoms. The highest BCUT2D eigenvalue weighted by Crippen LogP contribution is 2.45. The second-order valence-corrected chi connectivity index (χ2v) is 10.3. The van der Waals surface area contributed by atoms with Crippen LogP contribution in [0.15, 0.2) is 52.3 Å². The molecule has 0 amide bonds. The Kier molecular flexibility index (Phi) is 6.05. The van der Waals surface area contributed by atoms with Gasteiger partial charge in [-0.25, -0.2) is 0 Å². The maximum absolute atomic E-state index is 6.48. The Balaban J connectivity index is 1.49. The summed E-state index contributed by atoms with van der Waals surface area (Å²) in [6.45, 7) is 4.68. The Morgan fingerprint density at radius 2 is 2.09 bits per heavy atom. The summed E-state index contributed by atoms with van der Waals surface area (Å²) in [4.78, 5) is 4.67. The van der Waals surface area contributed by atoms with Crippen LogP contribution >= 0.6 is 23.4 Å². The Morgan fingerprint density at radius 1 is 1.22 bits per heavy atom. The molecule has 164 valence electrons. The third-order valence-electron chi connectivity index (χ3n) is 6.48. The number of methoxy groups -OCH3 is 1. The molecule has 0 N–H and O–H groups in total. The quantitative estimate of drug-likeness (QED) is 0.387. The van der Waals surface area contributed by atoms with Crippen LogP contribution in [0, 0.1) is 19.1 Å². The van der Waals surface area contributed by atoms with E-state index in [1.165, 1.54) is 27.8 Å². The van der Waals surface area contributed by atoms with Gasteiger partial charge in [0.25, 0.3) is 0 Å². The lowest BCUT2D eigenvalue weighted by Gasteiger charge is -2.42. The summed E-state index contributed by atoms with van der Waals surface area (Å²) in [6, 6.07) is 21.0. The lowest BCUT2D eigenvalue weighted by molar-refractivity contribution is 0.158. The van der Waals surface area contributed by atoms with Gasteiger partial charge in [-0.3, -0.25) is 4.90 Å². The molecule has 0 fully saturated rings. The monoisotopic (exact) mass is 461 g/mol. The summed E-state index contributed by atoms with van der Waals surface area (Å²) in [5.41, 5.74) is 7.81. The lowest BCUT2D eigenvalue weighted by atomic mass is 9.83. The van der Waals surface area contributed by atoms with Crippen LogP contribution in [-0.4, -0.2) is 24.4 Å². The Hall–Kier alpha value is -2.23. The van der Waals surface area contributed by atoms with E-state index in [9.17, 15) is 0 Å². The summed E-state index contributed by atoms with van der Waals surface area (Å²) < 4.78 is 11.8. The molecule has 3 aromatic rings. The molecule has 0 saturated heterocycles. The lowest BCUT2D eigenvalue weighted by Crippen LogP contribution is -2.39. The predicted molar refractivity (Wildman–Crippen MR) is 134 cm³/mol. The molecule has 2 aliphatic rings. The van der Waals surface area contributed by atoms with E-state index in [0.29, 0.717) is 12.6 Å². The highest BCUT2D eigenvalue weighted by molar-refractivity contribution is 8.10. The van der Waals surface area contributed by atoms with Crippen LogP contribution < -0.4 is 4.18 Å². The molecular formula is C27H27NO2S2. The van der Waals surface area contributed by atoms with E-state index < -0.39 is 10.8 Å². The molecule has 0 spiro atoms. The number of nitrogens with zero attached hydrogens (tertiary/aromatic N) is 1. The van der Waals surface area contributed by atoms with E-state index in [2.05, 4.69) is 54.1 Å². The maximum Gasteiger partial charge on any atom is 0.144 e. The predicted octanol–water partition coefficient (Wildman–Crippen LogP) is 5.74. The fraction of sp³-hybridized carbons (Fsp3) is 0.296. The minimum atomic E-state index is -0.607. The summed E-state index contributed by atoms with van der Waals surface area (Å²) in [6.07, 6.45) is 2.00. The molecule has 0 aliphatic carbocycles. The van der Waals surface area contributed by atoms with Crippen molar-refractivity contribution in [2.75, 3.05) is 13.7 Å². The van der Waals surface area contributed by atoms with Gasteiger partial charge >= 0.3 is 0 Å². The molecule has 2 heterocycles. The number of hydrogen-bond donors (Lipinski definition) is 1. The number of ether oxygens (including phenoxy) is 1. The number of thiol groups is 1. The van der Waals surface area contributed by atoms with E-state index in [-0.39, 0.29) is 0 Å². The van der Waals surface area contributed by atoms with Crippen molar-refractivity contribution in [2.45, 2.75) is 48.7 Å². The van der Waals surface area contributed by atoms with Gasteiger partial charge in [0.1, 0.15) is 5.75 Å². The second-order valence-electron chi connectivity index (χ2n) is 8.50. The van der Waals surface area contributed by atoms with Crippen LogP contribution in [0.2, 0.25) is 0 Å². The summed E-state index contributed by atoms with van der Waals surface area (Å²) in [5.74, 6) is 5.24. The van der Waals surface area contributed by atoms with Crippen molar-refractivity contribution >= 4 is 29.3 Å². The fourth-order valence-corrected chi connectivity index (χ4v) is 6.28. The molecule has 0 aromatic heterocycles. The van der Waals surface area contributed by atoms with Crippen molar-refractivity contribution < 1.29 is 8.92 Å². The van der Waals surface area contributed by atoms with Crippen LogP contribution in [0.4, 0.5) is 0 Å². The van der Waals surface area contributed by atoms with Crippen LogP contribution in [-0.2, 0) is 30.7 Å². The van der Waals surface area contributed by atoms with Gasteiger partial charge in [0.15, 0.2) is 0 Å². The molecule has 3 aromatic carbocycles. The van der Waals surface area contributed by atoms with Crippen molar-refractivity contribution in [3.05, 3.63) is 88.0 Å². The Labute approximate surface area is 198 Å². The molecule has 0 radical (unpaired) electrons. The summed E-state index contributed by atoms with van der Waals surface area (Å²) in [5, 5.41) is 0.